The number of nitrogen functional groups attached to an aromatic ring is 1. The molecule has 32 heavy (non-hydrogen) atoms. The summed E-state index contributed by atoms with van der Waals surface area (Å²) in [6.45, 7) is 3.44. The van der Waals surface area contributed by atoms with Gasteiger partial charge in [0.05, 0.1) is 11.6 Å². The van der Waals surface area contributed by atoms with Crippen LogP contribution < -0.4 is 16.0 Å². The van der Waals surface area contributed by atoms with Crippen molar-refractivity contribution in [3.63, 3.8) is 0 Å². The van der Waals surface area contributed by atoms with E-state index in [-0.39, 0.29) is 11.8 Å². The van der Waals surface area contributed by atoms with E-state index in [1.807, 2.05) is 24.3 Å². The van der Waals surface area contributed by atoms with Gasteiger partial charge in [-0.05, 0) is 55.9 Å². The van der Waals surface area contributed by atoms with Crippen LogP contribution in [0, 0.1) is 5.92 Å². The van der Waals surface area contributed by atoms with Gasteiger partial charge >= 0.3 is 0 Å². The van der Waals surface area contributed by atoms with Gasteiger partial charge in [0.1, 0.15) is 6.04 Å². The molecular formula is C26H31N3O3. The number of nitrogens with zero attached hydrogens (tertiary/aromatic N) is 1. The van der Waals surface area contributed by atoms with Gasteiger partial charge in [-0.15, -0.1) is 0 Å². The Hall–Kier alpha value is -3.15. The lowest BCUT2D eigenvalue weighted by atomic mass is 9.87. The number of hydrogen-bond acceptors (Lipinski definition) is 4. The molecule has 2 atom stereocenters. The number of anilines is 2. The molecule has 3 N–H and O–H groups in total. The zero-order valence-corrected chi connectivity index (χ0v) is 18.8. The van der Waals surface area contributed by atoms with Crippen LogP contribution in [0.15, 0.2) is 42.5 Å². The van der Waals surface area contributed by atoms with Crippen LogP contribution in [0.25, 0.3) is 11.1 Å². The second-order valence-electron chi connectivity index (χ2n) is 9.06. The van der Waals surface area contributed by atoms with Gasteiger partial charge in [-0.2, -0.15) is 0 Å². The molecule has 1 saturated carbocycles. The summed E-state index contributed by atoms with van der Waals surface area (Å²) >= 11 is 0. The SMILES string of the molecule is CC1C(=O)N(C(=O)[C@H](C)NC(=O)CC2CCCCC2)c2cccc(N)c2-c2ccccc21. The molecule has 0 bridgehead atoms. The van der Waals surface area contributed by atoms with Crippen LogP contribution in [-0.4, -0.2) is 23.8 Å². The van der Waals surface area contributed by atoms with Crippen LogP contribution in [0.2, 0.25) is 0 Å². The average Bonchev–Trinajstić information content (AvgIpc) is 2.88. The Morgan fingerprint density at radius 2 is 1.81 bits per heavy atom. The van der Waals surface area contributed by atoms with Crippen LogP contribution in [0.4, 0.5) is 11.4 Å². The van der Waals surface area contributed by atoms with Crippen LogP contribution in [0.5, 0.6) is 0 Å². The first-order valence-electron chi connectivity index (χ1n) is 11.5. The van der Waals surface area contributed by atoms with Gasteiger partial charge in [-0.25, -0.2) is 4.90 Å². The highest BCUT2D eigenvalue weighted by molar-refractivity contribution is 6.22. The fraction of sp³-hybridized carbons (Fsp3) is 0.423. The number of nitrogens with one attached hydrogen (secondary N) is 1. The topological polar surface area (TPSA) is 92.5 Å². The van der Waals surface area contributed by atoms with E-state index in [1.165, 1.54) is 11.3 Å². The summed E-state index contributed by atoms with van der Waals surface area (Å²) in [5.41, 5.74) is 9.65. The zero-order valence-electron chi connectivity index (χ0n) is 18.8. The Labute approximate surface area is 189 Å². The van der Waals surface area contributed by atoms with E-state index in [1.54, 1.807) is 32.0 Å². The lowest BCUT2D eigenvalue weighted by Gasteiger charge is -2.27. The monoisotopic (exact) mass is 433 g/mol. The number of hydrogen-bond donors (Lipinski definition) is 2. The van der Waals surface area contributed by atoms with Gasteiger partial charge < -0.3 is 11.1 Å². The summed E-state index contributed by atoms with van der Waals surface area (Å²) in [6, 6.07) is 12.0. The number of imide groups is 1. The Bertz CT molecular complexity index is 1040. The number of rotatable bonds is 4. The van der Waals surface area contributed by atoms with E-state index in [0.717, 1.165) is 36.8 Å². The van der Waals surface area contributed by atoms with Crippen LogP contribution in [0.1, 0.15) is 63.9 Å². The second kappa shape index (κ2) is 9.15. The molecule has 1 aliphatic heterocycles. The van der Waals surface area contributed by atoms with Gasteiger partial charge in [-0.3, -0.25) is 14.4 Å². The molecule has 1 heterocycles. The zero-order chi connectivity index (χ0) is 22.8. The van der Waals surface area contributed by atoms with Crippen molar-refractivity contribution in [2.24, 2.45) is 5.92 Å². The Balaban J connectivity index is 1.62. The quantitative estimate of drug-likeness (QED) is 0.700. The van der Waals surface area contributed by atoms with E-state index in [4.69, 9.17) is 5.73 Å². The molecule has 0 spiro atoms. The molecular weight excluding hydrogens is 402 g/mol. The predicted molar refractivity (Wildman–Crippen MR) is 126 cm³/mol. The highest BCUT2D eigenvalue weighted by atomic mass is 16.2. The summed E-state index contributed by atoms with van der Waals surface area (Å²) in [6.07, 6.45) is 6.09. The summed E-state index contributed by atoms with van der Waals surface area (Å²) in [5.74, 6) is -1.05. The summed E-state index contributed by atoms with van der Waals surface area (Å²) < 4.78 is 0. The van der Waals surface area contributed by atoms with Gasteiger partial charge in [-0.1, -0.05) is 49.6 Å². The number of benzene rings is 2. The molecule has 3 amide bonds. The average molecular weight is 434 g/mol. The number of amides is 3. The van der Waals surface area contributed by atoms with Gasteiger partial charge in [0, 0.05) is 17.7 Å². The minimum absolute atomic E-state index is 0.135. The molecule has 1 aliphatic carbocycles. The summed E-state index contributed by atoms with van der Waals surface area (Å²) in [7, 11) is 0. The van der Waals surface area contributed by atoms with E-state index in [2.05, 4.69) is 5.32 Å². The Morgan fingerprint density at radius 3 is 2.56 bits per heavy atom. The van der Waals surface area contributed by atoms with Crippen molar-refractivity contribution >= 4 is 29.1 Å². The number of carbonyl (C=O) groups excluding carboxylic acids is 3. The molecule has 2 aliphatic rings. The van der Waals surface area contributed by atoms with Crippen molar-refractivity contribution in [2.75, 3.05) is 10.6 Å². The van der Waals surface area contributed by atoms with Crippen LogP contribution in [0.3, 0.4) is 0 Å². The molecule has 4 rings (SSSR count). The largest absolute Gasteiger partial charge is 0.398 e. The molecule has 0 saturated heterocycles. The van der Waals surface area contributed by atoms with E-state index < -0.39 is 17.9 Å². The molecule has 0 aromatic heterocycles. The van der Waals surface area contributed by atoms with Crippen molar-refractivity contribution in [1.29, 1.82) is 0 Å². The van der Waals surface area contributed by atoms with Gasteiger partial charge in [0.2, 0.25) is 11.8 Å². The van der Waals surface area contributed by atoms with E-state index >= 15 is 0 Å². The molecule has 1 unspecified atom stereocenters. The fourth-order valence-electron chi connectivity index (χ4n) is 5.02. The fourth-order valence-corrected chi connectivity index (χ4v) is 5.02. The normalized spacial score (nSPS) is 19.5. The van der Waals surface area contributed by atoms with Crippen molar-refractivity contribution in [1.82, 2.24) is 5.32 Å². The first kappa shape index (κ1) is 22.1. The third-order valence-corrected chi connectivity index (χ3v) is 6.77. The maximum absolute atomic E-state index is 13.5. The minimum Gasteiger partial charge on any atom is -0.398 e. The third kappa shape index (κ3) is 4.14. The highest BCUT2D eigenvalue weighted by Crippen LogP contribution is 2.44. The lowest BCUT2D eigenvalue weighted by molar-refractivity contribution is -0.131. The smallest absolute Gasteiger partial charge is 0.256 e. The highest BCUT2D eigenvalue weighted by Gasteiger charge is 2.37. The van der Waals surface area contributed by atoms with Crippen molar-refractivity contribution in [3.8, 4) is 11.1 Å². The van der Waals surface area contributed by atoms with Crippen LogP contribution >= 0.6 is 0 Å². The molecule has 1 fully saturated rings. The van der Waals surface area contributed by atoms with Crippen molar-refractivity contribution in [2.45, 2.75) is 64.3 Å². The van der Waals surface area contributed by atoms with Crippen molar-refractivity contribution < 1.29 is 14.4 Å². The summed E-state index contributed by atoms with van der Waals surface area (Å²) in [4.78, 5) is 40.8. The second-order valence-corrected chi connectivity index (χ2v) is 9.06. The molecule has 6 heteroatoms. The molecule has 0 radical (unpaired) electrons. The molecule has 168 valence electrons. The van der Waals surface area contributed by atoms with E-state index in [9.17, 15) is 14.4 Å². The number of carbonyl (C=O) groups is 3. The first-order valence-corrected chi connectivity index (χ1v) is 11.5. The maximum atomic E-state index is 13.5. The van der Waals surface area contributed by atoms with E-state index in [0.29, 0.717) is 29.3 Å². The number of fused-ring (bicyclic) bond motifs is 3. The van der Waals surface area contributed by atoms with Gasteiger partial charge in [0.15, 0.2) is 0 Å². The standard InChI is InChI=1S/C26H31N3O3/c1-16-19-11-6-7-12-20(19)24-21(27)13-8-14-22(24)29(25(16)31)26(32)17(2)28-23(30)15-18-9-4-3-5-10-18/h6-8,11-14,16-18H,3-5,9-10,15,27H2,1-2H3,(H,28,30)/t16?,17-/m0/s1. The molecule has 6 nitrogen and oxygen atoms in total. The van der Waals surface area contributed by atoms with Crippen LogP contribution in [-0.2, 0) is 14.4 Å². The lowest BCUT2D eigenvalue weighted by Crippen LogP contribution is -2.50. The maximum Gasteiger partial charge on any atom is 0.256 e. The number of nitrogens with two attached hydrogens (primary N) is 1. The Kier molecular flexibility index (Phi) is 6.31. The molecule has 2 aromatic rings. The predicted octanol–water partition coefficient (Wildman–Crippen LogP) is 4.39. The molecule has 2 aromatic carbocycles. The summed E-state index contributed by atoms with van der Waals surface area (Å²) in [5, 5.41) is 2.83. The minimum atomic E-state index is -0.822. The third-order valence-electron chi connectivity index (χ3n) is 6.77. The van der Waals surface area contributed by atoms with Gasteiger partial charge in [0.25, 0.3) is 5.91 Å². The van der Waals surface area contributed by atoms with Crippen molar-refractivity contribution in [3.05, 3.63) is 48.0 Å². The Morgan fingerprint density at radius 1 is 1.09 bits per heavy atom. The first-order chi connectivity index (χ1) is 15.4.